The van der Waals surface area contributed by atoms with Gasteiger partial charge in [0.25, 0.3) is 11.7 Å². The zero-order valence-corrected chi connectivity index (χ0v) is 22.0. The lowest BCUT2D eigenvalue weighted by atomic mass is 9.87. The van der Waals surface area contributed by atoms with Crippen molar-refractivity contribution in [2.24, 2.45) is 0 Å². The summed E-state index contributed by atoms with van der Waals surface area (Å²) in [4.78, 5) is 73.1. The Kier molecular flexibility index (Phi) is 10.9. The Balaban J connectivity index is 2.69. The van der Waals surface area contributed by atoms with Crippen molar-refractivity contribution in [2.45, 2.75) is 70.4 Å². The highest BCUT2D eigenvalue weighted by molar-refractivity contribution is 5.94. The molecule has 2 N–H and O–H groups in total. The van der Waals surface area contributed by atoms with Crippen LogP contribution in [0.5, 0.6) is 0 Å². The smallest absolute Gasteiger partial charge is 0.364 e. The molecule has 14 nitrogen and oxygen atoms in total. The number of ether oxygens (including phenoxy) is 6. The molecule has 214 valence electrons. The Morgan fingerprint density at radius 1 is 0.974 bits per heavy atom. The van der Waals surface area contributed by atoms with E-state index in [9.17, 15) is 33.9 Å². The minimum atomic E-state index is -2.45. The fourth-order valence-corrected chi connectivity index (χ4v) is 4.05. The third-order valence-corrected chi connectivity index (χ3v) is 5.62. The van der Waals surface area contributed by atoms with E-state index < -0.39 is 85.0 Å². The largest absolute Gasteiger partial charge is 0.477 e. The highest BCUT2D eigenvalue weighted by atomic mass is 16.7. The van der Waals surface area contributed by atoms with E-state index in [0.29, 0.717) is 0 Å². The standard InChI is InChI=1S/C25H31NO13/c1-13(27)35-12-19(37-15(3)29)21(38-16(4)30)22-20(26-23(31)17-9-7-6-8-10-17)18(36-14(2)28)11-25(34-5,39-22)24(32)33/h6-10,18-22H,11-12H2,1-5H3,(H,26,31)(H,32,33)/t18-,19+,20+,21+,22+,25+/m0/s1. The fraction of sp³-hybridized carbons (Fsp3) is 0.520. The van der Waals surface area contributed by atoms with Gasteiger partial charge in [0.1, 0.15) is 18.8 Å². The molecule has 2 rings (SSSR count). The number of rotatable bonds is 11. The fourth-order valence-electron chi connectivity index (χ4n) is 4.05. The number of carboxylic acids is 1. The van der Waals surface area contributed by atoms with Crippen molar-refractivity contribution in [3.8, 4) is 0 Å². The van der Waals surface area contributed by atoms with Gasteiger partial charge in [0.2, 0.25) is 0 Å². The van der Waals surface area contributed by atoms with Crippen LogP contribution in [0.3, 0.4) is 0 Å². The molecule has 0 saturated carbocycles. The second-order valence-electron chi connectivity index (χ2n) is 8.59. The van der Waals surface area contributed by atoms with Gasteiger partial charge in [-0.2, -0.15) is 0 Å². The van der Waals surface area contributed by atoms with E-state index in [4.69, 9.17) is 28.4 Å². The Labute approximate surface area is 223 Å². The second kappa shape index (κ2) is 13.7. The number of carboxylic acid groups (broad SMARTS) is 1. The highest BCUT2D eigenvalue weighted by Gasteiger charge is 2.58. The van der Waals surface area contributed by atoms with Crippen molar-refractivity contribution in [2.75, 3.05) is 13.7 Å². The number of hydrogen-bond acceptors (Lipinski definition) is 12. The monoisotopic (exact) mass is 553 g/mol. The maximum absolute atomic E-state index is 13.1. The first-order chi connectivity index (χ1) is 18.3. The van der Waals surface area contributed by atoms with E-state index >= 15 is 0 Å². The van der Waals surface area contributed by atoms with Crippen molar-refractivity contribution in [3.63, 3.8) is 0 Å². The molecule has 0 radical (unpaired) electrons. The molecular weight excluding hydrogens is 522 g/mol. The average molecular weight is 554 g/mol. The molecule has 1 heterocycles. The molecule has 0 unspecified atom stereocenters. The molecule has 1 saturated heterocycles. The molecule has 1 amide bonds. The van der Waals surface area contributed by atoms with Crippen molar-refractivity contribution < 1.29 is 62.3 Å². The van der Waals surface area contributed by atoms with Crippen LogP contribution in [0, 0.1) is 0 Å². The molecule has 1 fully saturated rings. The number of hydrogen-bond donors (Lipinski definition) is 2. The lowest BCUT2D eigenvalue weighted by Gasteiger charge is -2.47. The van der Waals surface area contributed by atoms with Crippen molar-refractivity contribution in [1.29, 1.82) is 0 Å². The van der Waals surface area contributed by atoms with Gasteiger partial charge in [0, 0.05) is 40.4 Å². The number of carbonyl (C=O) groups excluding carboxylic acids is 5. The lowest BCUT2D eigenvalue weighted by Crippen LogP contribution is -2.69. The Morgan fingerprint density at radius 3 is 2.08 bits per heavy atom. The van der Waals surface area contributed by atoms with Crippen molar-refractivity contribution in [3.05, 3.63) is 35.9 Å². The van der Waals surface area contributed by atoms with Crippen molar-refractivity contribution >= 4 is 35.8 Å². The minimum Gasteiger partial charge on any atom is -0.477 e. The predicted octanol–water partition coefficient (Wildman–Crippen LogP) is 0.359. The first-order valence-electron chi connectivity index (χ1n) is 11.8. The molecule has 0 aromatic heterocycles. The van der Waals surface area contributed by atoms with Crippen LogP contribution < -0.4 is 5.32 Å². The molecule has 39 heavy (non-hydrogen) atoms. The number of amides is 1. The van der Waals surface area contributed by atoms with Crippen LogP contribution in [0.25, 0.3) is 0 Å². The molecule has 1 aliphatic rings. The summed E-state index contributed by atoms with van der Waals surface area (Å²) in [5.74, 6) is -8.10. The number of carbonyl (C=O) groups is 6. The van der Waals surface area contributed by atoms with E-state index in [1.165, 1.54) is 12.1 Å². The van der Waals surface area contributed by atoms with E-state index in [0.717, 1.165) is 34.8 Å². The molecule has 0 spiro atoms. The van der Waals surface area contributed by atoms with Gasteiger partial charge in [0.15, 0.2) is 12.2 Å². The van der Waals surface area contributed by atoms with Crippen LogP contribution in [-0.2, 0) is 52.4 Å². The molecule has 1 aromatic carbocycles. The Hall–Kier alpha value is -4.04. The minimum absolute atomic E-state index is 0.195. The predicted molar refractivity (Wildman–Crippen MR) is 128 cm³/mol. The van der Waals surface area contributed by atoms with Crippen LogP contribution in [-0.4, -0.2) is 90.8 Å². The molecule has 1 aromatic rings. The zero-order valence-electron chi connectivity index (χ0n) is 22.0. The number of benzene rings is 1. The van der Waals surface area contributed by atoms with E-state index in [1.54, 1.807) is 18.2 Å². The van der Waals surface area contributed by atoms with Gasteiger partial charge in [-0.05, 0) is 12.1 Å². The van der Waals surface area contributed by atoms with Crippen LogP contribution in [0.15, 0.2) is 30.3 Å². The van der Waals surface area contributed by atoms with Crippen LogP contribution >= 0.6 is 0 Å². The number of esters is 4. The first kappa shape index (κ1) is 31.2. The number of methoxy groups -OCH3 is 1. The molecule has 0 bridgehead atoms. The molecule has 0 aliphatic carbocycles. The van der Waals surface area contributed by atoms with Gasteiger partial charge in [-0.1, -0.05) is 18.2 Å². The molecule has 1 aliphatic heterocycles. The highest BCUT2D eigenvalue weighted by Crippen LogP contribution is 2.36. The van der Waals surface area contributed by atoms with Gasteiger partial charge in [-0.3, -0.25) is 24.0 Å². The average Bonchev–Trinajstić information content (AvgIpc) is 2.85. The third kappa shape index (κ3) is 8.48. The van der Waals surface area contributed by atoms with E-state index in [2.05, 4.69) is 5.32 Å². The number of aliphatic carboxylic acids is 1. The Bertz CT molecular complexity index is 1070. The van der Waals surface area contributed by atoms with Gasteiger partial charge >= 0.3 is 29.8 Å². The van der Waals surface area contributed by atoms with Gasteiger partial charge in [-0.25, -0.2) is 4.79 Å². The Morgan fingerprint density at radius 2 is 1.59 bits per heavy atom. The lowest BCUT2D eigenvalue weighted by molar-refractivity contribution is -0.306. The maximum Gasteiger partial charge on any atom is 0.364 e. The quantitative estimate of drug-likeness (QED) is 0.282. The summed E-state index contributed by atoms with van der Waals surface area (Å²) in [5.41, 5.74) is 0.195. The summed E-state index contributed by atoms with van der Waals surface area (Å²) in [6, 6.07) is 6.51. The summed E-state index contributed by atoms with van der Waals surface area (Å²) >= 11 is 0. The molecule has 14 heteroatoms. The SMILES string of the molecule is CO[C@]1(C(=O)O)C[C@H](OC(C)=O)[C@@H](NC(=O)c2ccccc2)[C@H]([C@H](OC(C)=O)[C@@H](COC(C)=O)OC(C)=O)O1. The van der Waals surface area contributed by atoms with E-state index in [-0.39, 0.29) is 5.56 Å². The van der Waals surface area contributed by atoms with Gasteiger partial charge in [0.05, 0.1) is 12.5 Å². The summed E-state index contributed by atoms with van der Waals surface area (Å²) in [6.07, 6.45) is -6.86. The summed E-state index contributed by atoms with van der Waals surface area (Å²) in [6.45, 7) is 3.59. The van der Waals surface area contributed by atoms with Crippen LogP contribution in [0.4, 0.5) is 0 Å². The molecule has 6 atom stereocenters. The topological polar surface area (TPSA) is 190 Å². The number of nitrogens with one attached hydrogen (secondary N) is 1. The third-order valence-electron chi connectivity index (χ3n) is 5.62. The summed E-state index contributed by atoms with van der Waals surface area (Å²) in [7, 11) is 1.03. The molecular formula is C25H31NO13. The first-order valence-corrected chi connectivity index (χ1v) is 11.8. The normalized spacial score (nSPS) is 23.9. The second-order valence-corrected chi connectivity index (χ2v) is 8.59. The summed E-state index contributed by atoms with van der Waals surface area (Å²) < 4.78 is 32.0. The summed E-state index contributed by atoms with van der Waals surface area (Å²) in [5, 5.41) is 12.6. The van der Waals surface area contributed by atoms with Gasteiger partial charge in [-0.15, -0.1) is 0 Å². The van der Waals surface area contributed by atoms with Crippen LogP contribution in [0.2, 0.25) is 0 Å². The van der Waals surface area contributed by atoms with Crippen molar-refractivity contribution in [1.82, 2.24) is 5.32 Å². The van der Waals surface area contributed by atoms with Gasteiger partial charge < -0.3 is 38.8 Å². The van der Waals surface area contributed by atoms with Crippen LogP contribution in [0.1, 0.15) is 44.5 Å². The maximum atomic E-state index is 13.1. The zero-order chi connectivity index (χ0) is 29.3. The van der Waals surface area contributed by atoms with E-state index in [1.807, 2.05) is 0 Å².